The summed E-state index contributed by atoms with van der Waals surface area (Å²) in [4.78, 5) is 20.7. The van der Waals surface area contributed by atoms with Crippen LogP contribution in [0.5, 0.6) is 5.75 Å². The summed E-state index contributed by atoms with van der Waals surface area (Å²) >= 11 is 8.12. The third-order valence-electron chi connectivity index (χ3n) is 6.86. The van der Waals surface area contributed by atoms with Crippen LogP contribution in [-0.2, 0) is 26.5 Å². The highest BCUT2D eigenvalue weighted by Gasteiger charge is 2.19. The molecule has 0 aliphatic heterocycles. The normalized spacial score (nSPS) is 12.3. The Kier molecular flexibility index (Phi) is 9.61. The molecule has 2 N–H and O–H groups in total. The van der Waals surface area contributed by atoms with Crippen molar-refractivity contribution in [2.45, 2.75) is 16.2 Å². The van der Waals surface area contributed by atoms with Crippen LogP contribution in [0.4, 0.5) is 14.7 Å². The smallest absolute Gasteiger partial charge is 0.268 e. The zero-order valence-corrected chi connectivity index (χ0v) is 28.4. The van der Waals surface area contributed by atoms with Crippen LogP contribution in [0.3, 0.4) is 0 Å². The first kappa shape index (κ1) is 33.3. The Labute approximate surface area is 287 Å². The molecular weight excluding hydrogens is 721 g/mol. The number of hydrogen-bond acceptors (Lipinski definition) is 10. The third-order valence-corrected chi connectivity index (χ3v) is 11.5. The average molecular weight is 744 g/mol. The molecule has 3 aromatic heterocycles. The molecule has 0 fully saturated rings. The lowest BCUT2D eigenvalue weighted by atomic mass is 10.1. The van der Waals surface area contributed by atoms with Crippen molar-refractivity contribution in [2.75, 3.05) is 16.1 Å². The fraction of sp³-hybridized carbons (Fsp3) is 0.0645. The summed E-state index contributed by atoms with van der Waals surface area (Å²) in [6, 6.07) is 15.0. The molecule has 7 rings (SSSR count). The van der Waals surface area contributed by atoms with Gasteiger partial charge in [0.15, 0.2) is 16.9 Å². The van der Waals surface area contributed by atoms with Crippen LogP contribution >= 0.6 is 34.3 Å². The Morgan fingerprint density at radius 2 is 1.56 bits per heavy atom. The number of nitrogens with zero attached hydrogens (tertiary/aromatic N) is 3. The predicted octanol–water partition coefficient (Wildman–Crippen LogP) is 6.92. The molecule has 0 saturated heterocycles. The van der Waals surface area contributed by atoms with Gasteiger partial charge in [0, 0.05) is 40.8 Å². The summed E-state index contributed by atoms with van der Waals surface area (Å²) in [5.74, 6) is -0.711. The van der Waals surface area contributed by atoms with Crippen LogP contribution in [0.1, 0.15) is 15.9 Å². The molecule has 0 spiro atoms. The number of nitrogens with one attached hydrogen (secondary N) is 2. The molecule has 11 nitrogen and oxygen atoms in total. The van der Waals surface area contributed by atoms with E-state index >= 15 is 0 Å². The number of carbonyl (C=O) groups excluding carboxylic acids is 1. The van der Waals surface area contributed by atoms with Crippen molar-refractivity contribution in [3.05, 3.63) is 118 Å². The number of allylic oxidation sites excluding steroid dienone is 1. The first-order chi connectivity index (χ1) is 23.0. The molecule has 48 heavy (non-hydrogen) atoms. The maximum absolute atomic E-state index is 13.2. The number of thiazole rings is 2. The number of rotatable bonds is 9. The van der Waals surface area contributed by atoms with Gasteiger partial charge in [0.25, 0.3) is 26.0 Å². The number of ether oxygens (including phenoxy) is 1. The van der Waals surface area contributed by atoms with Gasteiger partial charge in [-0.1, -0.05) is 29.8 Å². The number of aromatic nitrogens is 3. The summed E-state index contributed by atoms with van der Waals surface area (Å²) in [6.45, 7) is -0.308. The molecule has 0 unspecified atom stereocenters. The Hall–Kier alpha value is -4.61. The Morgan fingerprint density at radius 3 is 2.21 bits per heavy atom. The van der Waals surface area contributed by atoms with Crippen LogP contribution < -0.4 is 14.2 Å². The van der Waals surface area contributed by atoms with Crippen LogP contribution in [0.2, 0.25) is 5.02 Å². The third kappa shape index (κ3) is 7.58. The minimum atomic E-state index is -3.80. The van der Waals surface area contributed by atoms with E-state index in [2.05, 4.69) is 19.4 Å². The van der Waals surface area contributed by atoms with Crippen molar-refractivity contribution in [3.8, 4) is 5.75 Å². The molecule has 3 heterocycles. The van der Waals surface area contributed by atoms with E-state index in [4.69, 9.17) is 16.3 Å². The molecule has 0 saturated carbocycles. The molecule has 246 valence electrons. The van der Waals surface area contributed by atoms with Crippen molar-refractivity contribution < 1.29 is 30.8 Å². The van der Waals surface area contributed by atoms with Crippen LogP contribution in [-0.4, -0.2) is 43.9 Å². The molecule has 0 bridgehead atoms. The van der Waals surface area contributed by atoms with Crippen molar-refractivity contribution in [3.63, 3.8) is 0 Å². The number of benzene rings is 3. The summed E-state index contributed by atoms with van der Waals surface area (Å²) in [5.41, 5.74) is 2.65. The lowest BCUT2D eigenvalue weighted by Gasteiger charge is -2.09. The quantitative estimate of drug-likeness (QED) is 0.162. The van der Waals surface area contributed by atoms with Crippen LogP contribution in [0.15, 0.2) is 106 Å². The maximum atomic E-state index is 13.2. The van der Waals surface area contributed by atoms with Gasteiger partial charge in [-0.3, -0.25) is 18.8 Å². The predicted molar refractivity (Wildman–Crippen MR) is 184 cm³/mol. The summed E-state index contributed by atoms with van der Waals surface area (Å²) < 4.78 is 74.1. The molecule has 6 aromatic rings. The van der Waals surface area contributed by atoms with Gasteiger partial charge in [-0.05, 0) is 66.1 Å². The fourth-order valence-electron chi connectivity index (χ4n) is 4.58. The molecule has 1 aliphatic carbocycles. The molecule has 17 heteroatoms. The highest BCUT2D eigenvalue weighted by molar-refractivity contribution is 7.93. The van der Waals surface area contributed by atoms with Crippen molar-refractivity contribution in [2.24, 2.45) is 0 Å². The summed E-state index contributed by atoms with van der Waals surface area (Å²) in [6.07, 6.45) is 9.43. The second-order valence-corrected chi connectivity index (χ2v) is 15.6. The summed E-state index contributed by atoms with van der Waals surface area (Å²) in [7, 11) is -7.34. The standard InChI is InChI=1S/C19H13ClFN3O4S2.C12H10N2O2S2/c20-15-10-13(1-3-16(15)21)28-11-18(25)24-7-5-12-9-14(2-4-17(12)24)30(26,27)23-19-22-6-8-29-19;15-18(16,14-12-13-6-7-17-12)11-5-4-9-2-1-3-10(9)8-11/h1-10H,11H2,(H,22,23);1,3-8H,2H2,(H,13,14). The van der Waals surface area contributed by atoms with Gasteiger partial charge in [0.2, 0.25) is 0 Å². The Morgan fingerprint density at radius 1 is 0.896 bits per heavy atom. The molecular formula is C31H23ClFN5O6S4. The van der Waals surface area contributed by atoms with E-state index in [1.807, 2.05) is 18.2 Å². The van der Waals surface area contributed by atoms with E-state index in [1.165, 1.54) is 63.9 Å². The van der Waals surface area contributed by atoms with E-state index in [0.717, 1.165) is 23.6 Å². The van der Waals surface area contributed by atoms with Gasteiger partial charge < -0.3 is 4.74 Å². The van der Waals surface area contributed by atoms with Crippen LogP contribution in [0, 0.1) is 5.82 Å². The molecule has 0 amide bonds. The maximum Gasteiger partial charge on any atom is 0.268 e. The first-order valence-electron chi connectivity index (χ1n) is 13.8. The minimum Gasteiger partial charge on any atom is -0.484 e. The van der Waals surface area contributed by atoms with Gasteiger partial charge in [0.05, 0.1) is 20.3 Å². The van der Waals surface area contributed by atoms with E-state index < -0.39 is 25.9 Å². The lowest BCUT2D eigenvalue weighted by molar-refractivity contribution is 0.0843. The van der Waals surface area contributed by atoms with E-state index in [1.54, 1.807) is 41.2 Å². The van der Waals surface area contributed by atoms with Gasteiger partial charge in [-0.25, -0.2) is 31.2 Å². The number of hydrogen-bond donors (Lipinski definition) is 2. The Balaban J connectivity index is 0.000000189. The Bertz CT molecular complexity index is 2360. The number of carbonyl (C=O) groups is 1. The van der Waals surface area contributed by atoms with Crippen molar-refractivity contribution >= 4 is 87.5 Å². The number of sulfonamides is 2. The van der Waals surface area contributed by atoms with Crippen LogP contribution in [0.25, 0.3) is 17.0 Å². The molecule has 1 aliphatic rings. The second kappa shape index (κ2) is 13.9. The van der Waals surface area contributed by atoms with E-state index in [-0.39, 0.29) is 38.2 Å². The molecule has 0 atom stereocenters. The molecule has 3 aromatic carbocycles. The zero-order valence-electron chi connectivity index (χ0n) is 24.4. The highest BCUT2D eigenvalue weighted by Crippen LogP contribution is 2.26. The van der Waals surface area contributed by atoms with Gasteiger partial charge in [-0.15, -0.1) is 22.7 Å². The number of fused-ring (bicyclic) bond motifs is 2. The zero-order chi connectivity index (χ0) is 33.9. The second-order valence-electron chi connectivity index (χ2n) is 10.0. The SMILES string of the molecule is O=C(COc1ccc(F)c(Cl)c1)n1ccc2cc(S(=O)(=O)Nc3nccs3)ccc21.O=S(=O)(Nc1nccs1)c1ccc2c(c1)C=CC2. The number of halogens is 2. The largest absolute Gasteiger partial charge is 0.484 e. The van der Waals surface area contributed by atoms with E-state index in [9.17, 15) is 26.0 Å². The monoisotopic (exact) mass is 743 g/mol. The first-order valence-corrected chi connectivity index (χ1v) is 19.0. The van der Waals surface area contributed by atoms with Gasteiger partial charge in [-0.2, -0.15) is 0 Å². The van der Waals surface area contributed by atoms with Crippen molar-refractivity contribution in [1.29, 1.82) is 0 Å². The van der Waals surface area contributed by atoms with Gasteiger partial charge >= 0.3 is 0 Å². The van der Waals surface area contributed by atoms with E-state index in [0.29, 0.717) is 16.0 Å². The number of anilines is 2. The minimum absolute atomic E-state index is 0.0487. The highest BCUT2D eigenvalue weighted by atomic mass is 35.5. The summed E-state index contributed by atoms with van der Waals surface area (Å²) in [5, 5.41) is 4.49. The average Bonchev–Trinajstić information content (AvgIpc) is 3.89. The fourth-order valence-corrected chi connectivity index (χ4v) is 8.39. The lowest BCUT2D eigenvalue weighted by Crippen LogP contribution is -2.18. The van der Waals surface area contributed by atoms with Gasteiger partial charge in [0.1, 0.15) is 11.6 Å². The molecule has 0 radical (unpaired) electrons. The topological polar surface area (TPSA) is 149 Å². The van der Waals surface area contributed by atoms with Crippen molar-refractivity contribution in [1.82, 2.24) is 14.5 Å².